The highest BCUT2D eigenvalue weighted by Crippen LogP contribution is 2.51. The Labute approximate surface area is 198 Å². The van der Waals surface area contributed by atoms with Crippen molar-refractivity contribution in [1.82, 2.24) is 4.90 Å². The summed E-state index contributed by atoms with van der Waals surface area (Å²) in [5, 5.41) is 0.315. The number of halogens is 2. The molecule has 2 heterocycles. The van der Waals surface area contributed by atoms with Gasteiger partial charge in [-0.1, -0.05) is 17.7 Å². The van der Waals surface area contributed by atoms with E-state index in [0.717, 1.165) is 18.5 Å². The Bertz CT molecular complexity index is 1100. The molecular weight excluding hydrogens is 447 g/mol. The van der Waals surface area contributed by atoms with Gasteiger partial charge in [0.15, 0.2) is 11.5 Å². The quantitative estimate of drug-likeness (QED) is 0.558. The van der Waals surface area contributed by atoms with Gasteiger partial charge in [-0.3, -0.25) is 0 Å². The van der Waals surface area contributed by atoms with Gasteiger partial charge < -0.3 is 24.0 Å². The summed E-state index contributed by atoms with van der Waals surface area (Å²) in [5.74, 6) is -0.630. The first-order chi connectivity index (χ1) is 15.6. The molecule has 0 spiro atoms. The number of fused-ring (bicyclic) bond motifs is 2. The number of amides is 1. The number of benzene rings is 2. The van der Waals surface area contributed by atoms with Crippen LogP contribution in [0.4, 0.5) is 14.9 Å². The van der Waals surface area contributed by atoms with Gasteiger partial charge in [-0.05, 0) is 63.9 Å². The average molecular weight is 475 g/mol. The van der Waals surface area contributed by atoms with Crippen LogP contribution >= 0.6 is 11.6 Å². The zero-order valence-electron chi connectivity index (χ0n) is 19.2. The third-order valence-corrected chi connectivity index (χ3v) is 6.74. The lowest BCUT2D eigenvalue weighted by atomic mass is 9.81. The number of carbonyl (C=O) groups is 1. The van der Waals surface area contributed by atoms with Gasteiger partial charge in [-0.15, -0.1) is 0 Å². The van der Waals surface area contributed by atoms with Crippen molar-refractivity contribution in [2.24, 2.45) is 0 Å². The van der Waals surface area contributed by atoms with Crippen molar-refractivity contribution in [2.75, 3.05) is 18.0 Å². The van der Waals surface area contributed by atoms with Crippen LogP contribution in [0.3, 0.4) is 0 Å². The number of carbonyl (C=O) groups excluding carboxylic acids is 1. The first kappa shape index (κ1) is 22.1. The number of hydrogen-bond donors (Lipinski definition) is 0. The number of para-hydroxylation sites is 1. The van der Waals surface area contributed by atoms with Crippen LogP contribution in [0, 0.1) is 5.82 Å². The van der Waals surface area contributed by atoms with E-state index in [1.807, 2.05) is 43.9 Å². The van der Waals surface area contributed by atoms with E-state index in [0.29, 0.717) is 29.6 Å². The molecule has 2 fully saturated rings. The molecule has 1 aliphatic carbocycles. The largest absolute Gasteiger partial charge is 0.444 e. The van der Waals surface area contributed by atoms with Crippen molar-refractivity contribution in [3.63, 3.8) is 0 Å². The van der Waals surface area contributed by atoms with E-state index in [1.54, 1.807) is 19.1 Å². The van der Waals surface area contributed by atoms with Crippen molar-refractivity contribution in [3.8, 4) is 11.5 Å². The van der Waals surface area contributed by atoms with Crippen molar-refractivity contribution < 1.29 is 23.4 Å². The van der Waals surface area contributed by atoms with Gasteiger partial charge >= 0.3 is 6.09 Å². The normalized spacial score (nSPS) is 26.0. The molecule has 33 heavy (non-hydrogen) atoms. The lowest BCUT2D eigenvalue weighted by Gasteiger charge is -2.54. The maximum absolute atomic E-state index is 14.7. The minimum absolute atomic E-state index is 0.0897. The number of hydrogen-bond acceptors (Lipinski definition) is 5. The Hall–Kier alpha value is -2.67. The summed E-state index contributed by atoms with van der Waals surface area (Å²) in [6.45, 7) is 8.55. The van der Waals surface area contributed by atoms with Crippen LogP contribution in [0.2, 0.25) is 5.02 Å². The molecule has 0 bridgehead atoms. The molecule has 176 valence electrons. The van der Waals surface area contributed by atoms with Gasteiger partial charge in [0, 0.05) is 31.1 Å². The number of ether oxygens (including phenoxy) is 3. The van der Waals surface area contributed by atoms with Crippen LogP contribution < -0.4 is 14.4 Å². The van der Waals surface area contributed by atoms with E-state index in [1.165, 1.54) is 6.07 Å². The smallest absolute Gasteiger partial charge is 0.410 e. The molecule has 1 amide bonds. The second-order valence-corrected chi connectivity index (χ2v) is 10.4. The third kappa shape index (κ3) is 3.86. The molecule has 5 rings (SSSR count). The van der Waals surface area contributed by atoms with Crippen molar-refractivity contribution in [3.05, 3.63) is 52.8 Å². The van der Waals surface area contributed by atoms with Crippen molar-refractivity contribution >= 4 is 23.4 Å². The second kappa shape index (κ2) is 7.69. The highest BCUT2D eigenvalue weighted by atomic mass is 35.5. The molecule has 0 aromatic heterocycles. The minimum atomic E-state index is -1.30. The number of piperazine rings is 1. The maximum atomic E-state index is 14.7. The molecule has 6 nitrogen and oxygen atoms in total. The summed E-state index contributed by atoms with van der Waals surface area (Å²) in [5.41, 5.74) is 0.648. The highest BCUT2D eigenvalue weighted by molar-refractivity contribution is 6.30. The van der Waals surface area contributed by atoms with E-state index in [4.69, 9.17) is 25.8 Å². The average Bonchev–Trinajstić information content (AvgIpc) is 3.03. The summed E-state index contributed by atoms with van der Waals surface area (Å²) in [6.07, 6.45) is 1.64. The third-order valence-electron chi connectivity index (χ3n) is 6.50. The molecular formula is C25H28ClFN2O4. The molecule has 1 saturated carbocycles. The summed E-state index contributed by atoms with van der Waals surface area (Å²) in [7, 11) is 0. The van der Waals surface area contributed by atoms with Gasteiger partial charge in [-0.2, -0.15) is 0 Å². The zero-order valence-corrected chi connectivity index (χ0v) is 20.0. The monoisotopic (exact) mass is 474 g/mol. The number of nitrogens with zero attached hydrogens (tertiary/aromatic N) is 2. The highest BCUT2D eigenvalue weighted by Gasteiger charge is 2.48. The lowest BCUT2D eigenvalue weighted by molar-refractivity contribution is -0.0706. The number of anilines is 1. The summed E-state index contributed by atoms with van der Waals surface area (Å²) in [4.78, 5) is 16.9. The van der Waals surface area contributed by atoms with Crippen LogP contribution in [0.5, 0.6) is 11.5 Å². The molecule has 2 aromatic carbocycles. The van der Waals surface area contributed by atoms with Gasteiger partial charge in [0.05, 0.1) is 17.3 Å². The molecule has 3 atom stereocenters. The number of rotatable bonds is 2. The molecule has 1 saturated heterocycles. The van der Waals surface area contributed by atoms with Gasteiger partial charge in [0.25, 0.3) is 5.79 Å². The Morgan fingerprint density at radius 3 is 2.58 bits per heavy atom. The minimum Gasteiger partial charge on any atom is -0.444 e. The fourth-order valence-electron chi connectivity index (χ4n) is 4.89. The Balaban J connectivity index is 1.40. The van der Waals surface area contributed by atoms with Gasteiger partial charge in [0.2, 0.25) is 0 Å². The van der Waals surface area contributed by atoms with Crippen LogP contribution in [-0.4, -0.2) is 41.8 Å². The van der Waals surface area contributed by atoms with E-state index >= 15 is 0 Å². The van der Waals surface area contributed by atoms with Crippen molar-refractivity contribution in [2.45, 2.75) is 64.0 Å². The molecule has 1 unspecified atom stereocenters. The Kier molecular flexibility index (Phi) is 5.16. The molecule has 2 aliphatic heterocycles. The predicted molar refractivity (Wildman–Crippen MR) is 124 cm³/mol. The van der Waals surface area contributed by atoms with Crippen LogP contribution in [0.1, 0.15) is 46.1 Å². The topological polar surface area (TPSA) is 51.2 Å². The van der Waals surface area contributed by atoms with Crippen LogP contribution in [-0.2, 0) is 10.5 Å². The Morgan fingerprint density at radius 1 is 1.15 bits per heavy atom. The first-order valence-corrected chi connectivity index (χ1v) is 11.7. The van der Waals surface area contributed by atoms with E-state index in [9.17, 15) is 9.18 Å². The Morgan fingerprint density at radius 2 is 1.91 bits per heavy atom. The fourth-order valence-corrected chi connectivity index (χ4v) is 5.05. The molecule has 0 N–H and O–H groups in total. The van der Waals surface area contributed by atoms with Gasteiger partial charge in [-0.25, -0.2) is 9.18 Å². The fraction of sp³-hybridized carbons (Fsp3) is 0.480. The van der Waals surface area contributed by atoms with Crippen molar-refractivity contribution in [1.29, 1.82) is 0 Å². The molecule has 0 radical (unpaired) electrons. The molecule has 3 aliphatic rings. The summed E-state index contributed by atoms with van der Waals surface area (Å²) in [6, 6.07) is 10.5. The second-order valence-electron chi connectivity index (χ2n) is 9.96. The summed E-state index contributed by atoms with van der Waals surface area (Å²) < 4.78 is 32.7. The SMILES string of the molecule is CC(C)(C)OC(=O)N1CCN(c2cccc3c2OC(C)(c2ccc(Cl)cc2F)O3)[C@@H]2CC[C@@H]21. The van der Waals surface area contributed by atoms with E-state index < -0.39 is 17.2 Å². The van der Waals surface area contributed by atoms with Crippen LogP contribution in [0.15, 0.2) is 36.4 Å². The lowest BCUT2D eigenvalue weighted by Crippen LogP contribution is -2.66. The van der Waals surface area contributed by atoms with E-state index in [-0.39, 0.29) is 23.7 Å². The van der Waals surface area contributed by atoms with E-state index in [2.05, 4.69) is 4.90 Å². The van der Waals surface area contributed by atoms with Gasteiger partial charge in [0.1, 0.15) is 11.4 Å². The van der Waals surface area contributed by atoms with Crippen LogP contribution in [0.25, 0.3) is 0 Å². The standard InChI is InChI=1S/C25H28ClFN2O4/c1-24(2,3)33-23(30)29-13-12-28(18-10-11-19(18)29)20-6-5-7-21-22(20)32-25(4,31-21)16-9-8-15(26)14-17(16)27/h5-9,14,18-19H,10-13H2,1-4H3/t18-,19+,25?/m1/s1. The molecule has 8 heteroatoms. The maximum Gasteiger partial charge on any atom is 0.410 e. The predicted octanol–water partition coefficient (Wildman–Crippen LogP) is 5.71. The first-order valence-electron chi connectivity index (χ1n) is 11.3. The summed E-state index contributed by atoms with van der Waals surface area (Å²) >= 11 is 5.93. The molecule has 2 aromatic rings. The zero-order chi connectivity index (χ0) is 23.5.